The molecule has 2 nitrogen and oxygen atoms in total. The zero-order valence-corrected chi connectivity index (χ0v) is 9.29. The summed E-state index contributed by atoms with van der Waals surface area (Å²) < 4.78 is 5.12. The van der Waals surface area contributed by atoms with E-state index in [0.29, 0.717) is 5.92 Å². The number of methoxy groups -OCH3 is 1. The normalized spacial score (nSPS) is 12.5. The number of hydrogen-bond acceptors (Lipinski definition) is 2. The molecule has 78 valence electrons. The van der Waals surface area contributed by atoms with Gasteiger partial charge in [-0.2, -0.15) is 0 Å². The van der Waals surface area contributed by atoms with Crippen LogP contribution in [0, 0.1) is 0 Å². The Balaban J connectivity index is 2.80. The van der Waals surface area contributed by atoms with E-state index in [1.54, 1.807) is 7.11 Å². The first-order chi connectivity index (χ1) is 6.81. The van der Waals surface area contributed by atoms with Crippen LogP contribution in [0.1, 0.15) is 44.6 Å². The van der Waals surface area contributed by atoms with Gasteiger partial charge in [-0.05, 0) is 30.4 Å². The topological polar surface area (TPSA) is 22.1 Å². The van der Waals surface area contributed by atoms with Crippen molar-refractivity contribution in [1.29, 1.82) is 0 Å². The second-order valence-electron chi connectivity index (χ2n) is 3.53. The predicted octanol–water partition coefficient (Wildman–Crippen LogP) is 3.38. The lowest BCUT2D eigenvalue weighted by atomic mass is 9.93. The van der Waals surface area contributed by atoms with E-state index in [1.807, 2.05) is 12.3 Å². The van der Waals surface area contributed by atoms with E-state index < -0.39 is 0 Å². The Morgan fingerprint density at radius 2 is 2.21 bits per heavy atom. The molecule has 1 heterocycles. The highest BCUT2D eigenvalue weighted by atomic mass is 16.5. The minimum Gasteiger partial charge on any atom is -0.481 e. The van der Waals surface area contributed by atoms with Crippen LogP contribution in [0.2, 0.25) is 0 Å². The van der Waals surface area contributed by atoms with Gasteiger partial charge < -0.3 is 4.74 Å². The monoisotopic (exact) mass is 193 g/mol. The highest BCUT2D eigenvalue weighted by Crippen LogP contribution is 2.25. The SMILES string of the molecule is CCCC(CC)c1ccnc(OC)c1. The minimum absolute atomic E-state index is 0.650. The molecule has 0 spiro atoms. The molecule has 1 aromatic heterocycles. The van der Waals surface area contributed by atoms with Gasteiger partial charge in [0.2, 0.25) is 5.88 Å². The fourth-order valence-corrected chi connectivity index (χ4v) is 1.75. The first kappa shape index (κ1) is 11.0. The van der Waals surface area contributed by atoms with Crippen LogP contribution in [-0.2, 0) is 0 Å². The second-order valence-corrected chi connectivity index (χ2v) is 3.53. The standard InChI is InChI=1S/C12H19NO/c1-4-6-10(5-2)11-7-8-13-12(9-11)14-3/h7-10H,4-6H2,1-3H3. The number of hydrogen-bond donors (Lipinski definition) is 0. The number of ether oxygens (including phenoxy) is 1. The molecule has 0 amide bonds. The van der Waals surface area contributed by atoms with Gasteiger partial charge in [-0.25, -0.2) is 4.98 Å². The maximum Gasteiger partial charge on any atom is 0.213 e. The highest BCUT2D eigenvalue weighted by Gasteiger charge is 2.08. The quantitative estimate of drug-likeness (QED) is 0.715. The summed E-state index contributed by atoms with van der Waals surface area (Å²) >= 11 is 0. The first-order valence-electron chi connectivity index (χ1n) is 5.31. The van der Waals surface area contributed by atoms with E-state index in [2.05, 4.69) is 24.9 Å². The summed E-state index contributed by atoms with van der Waals surface area (Å²) in [6.07, 6.45) is 5.47. The molecule has 0 aliphatic heterocycles. The van der Waals surface area contributed by atoms with E-state index in [1.165, 1.54) is 24.8 Å². The zero-order chi connectivity index (χ0) is 10.4. The average Bonchev–Trinajstić information content (AvgIpc) is 2.26. The predicted molar refractivity (Wildman–Crippen MR) is 58.7 cm³/mol. The smallest absolute Gasteiger partial charge is 0.213 e. The Labute approximate surface area is 86.3 Å². The van der Waals surface area contributed by atoms with Crippen molar-refractivity contribution in [1.82, 2.24) is 4.98 Å². The summed E-state index contributed by atoms with van der Waals surface area (Å²) in [7, 11) is 1.66. The van der Waals surface area contributed by atoms with E-state index in [0.717, 1.165) is 5.88 Å². The van der Waals surface area contributed by atoms with Gasteiger partial charge in [0.05, 0.1) is 7.11 Å². The van der Waals surface area contributed by atoms with Crippen molar-refractivity contribution in [2.45, 2.75) is 39.0 Å². The lowest BCUT2D eigenvalue weighted by molar-refractivity contribution is 0.396. The van der Waals surface area contributed by atoms with Gasteiger partial charge in [-0.1, -0.05) is 20.3 Å². The Morgan fingerprint density at radius 3 is 2.79 bits per heavy atom. The summed E-state index contributed by atoms with van der Waals surface area (Å²) in [5, 5.41) is 0. The first-order valence-corrected chi connectivity index (χ1v) is 5.31. The maximum atomic E-state index is 5.12. The fraction of sp³-hybridized carbons (Fsp3) is 0.583. The fourth-order valence-electron chi connectivity index (χ4n) is 1.75. The number of aromatic nitrogens is 1. The summed E-state index contributed by atoms with van der Waals surface area (Å²) in [4.78, 5) is 4.11. The van der Waals surface area contributed by atoms with Crippen molar-refractivity contribution in [3.8, 4) is 5.88 Å². The minimum atomic E-state index is 0.650. The van der Waals surface area contributed by atoms with Crippen LogP contribution in [0.25, 0.3) is 0 Å². The number of pyridine rings is 1. The van der Waals surface area contributed by atoms with Crippen LogP contribution >= 0.6 is 0 Å². The summed E-state index contributed by atoms with van der Waals surface area (Å²) in [5.41, 5.74) is 1.35. The van der Waals surface area contributed by atoms with Crippen molar-refractivity contribution in [2.75, 3.05) is 7.11 Å². The molecule has 14 heavy (non-hydrogen) atoms. The van der Waals surface area contributed by atoms with Crippen molar-refractivity contribution < 1.29 is 4.74 Å². The second kappa shape index (κ2) is 5.63. The van der Waals surface area contributed by atoms with Crippen molar-refractivity contribution in [3.05, 3.63) is 23.9 Å². The van der Waals surface area contributed by atoms with Crippen LogP contribution < -0.4 is 4.74 Å². The molecule has 0 N–H and O–H groups in total. The Hall–Kier alpha value is -1.05. The third-order valence-corrected chi connectivity index (χ3v) is 2.57. The molecule has 0 bridgehead atoms. The molecule has 1 unspecified atom stereocenters. The molecular weight excluding hydrogens is 174 g/mol. The molecule has 0 fully saturated rings. The van der Waals surface area contributed by atoms with Gasteiger partial charge in [-0.15, -0.1) is 0 Å². The van der Waals surface area contributed by atoms with Gasteiger partial charge in [-0.3, -0.25) is 0 Å². The Morgan fingerprint density at radius 1 is 1.43 bits per heavy atom. The van der Waals surface area contributed by atoms with E-state index in [9.17, 15) is 0 Å². The van der Waals surface area contributed by atoms with E-state index in [-0.39, 0.29) is 0 Å². The van der Waals surface area contributed by atoms with Crippen LogP contribution in [0.5, 0.6) is 5.88 Å². The zero-order valence-electron chi connectivity index (χ0n) is 9.29. The van der Waals surface area contributed by atoms with Gasteiger partial charge in [0, 0.05) is 12.3 Å². The van der Waals surface area contributed by atoms with Crippen LogP contribution in [0.4, 0.5) is 0 Å². The summed E-state index contributed by atoms with van der Waals surface area (Å²) in [6.45, 7) is 4.45. The van der Waals surface area contributed by atoms with Gasteiger partial charge in [0.25, 0.3) is 0 Å². The van der Waals surface area contributed by atoms with Gasteiger partial charge >= 0.3 is 0 Å². The van der Waals surface area contributed by atoms with Crippen molar-refractivity contribution in [2.24, 2.45) is 0 Å². The highest BCUT2D eigenvalue weighted by molar-refractivity contribution is 5.23. The molecule has 0 radical (unpaired) electrons. The molecule has 0 aliphatic carbocycles. The van der Waals surface area contributed by atoms with E-state index >= 15 is 0 Å². The largest absolute Gasteiger partial charge is 0.481 e. The summed E-state index contributed by atoms with van der Waals surface area (Å²) in [5.74, 6) is 1.37. The maximum absolute atomic E-state index is 5.12. The number of nitrogens with zero attached hydrogens (tertiary/aromatic N) is 1. The van der Waals surface area contributed by atoms with Crippen LogP contribution in [-0.4, -0.2) is 12.1 Å². The Bertz CT molecular complexity index is 273. The van der Waals surface area contributed by atoms with Crippen molar-refractivity contribution in [3.63, 3.8) is 0 Å². The van der Waals surface area contributed by atoms with Crippen LogP contribution in [0.3, 0.4) is 0 Å². The van der Waals surface area contributed by atoms with E-state index in [4.69, 9.17) is 4.74 Å². The average molecular weight is 193 g/mol. The molecule has 1 aromatic rings. The molecule has 2 heteroatoms. The molecule has 0 saturated carbocycles. The molecule has 1 rings (SSSR count). The third kappa shape index (κ3) is 2.72. The lowest BCUT2D eigenvalue weighted by Gasteiger charge is -2.14. The lowest BCUT2D eigenvalue weighted by Crippen LogP contribution is -1.98. The van der Waals surface area contributed by atoms with Gasteiger partial charge in [0.15, 0.2) is 0 Å². The van der Waals surface area contributed by atoms with Crippen molar-refractivity contribution >= 4 is 0 Å². The molecule has 0 aromatic carbocycles. The third-order valence-electron chi connectivity index (χ3n) is 2.57. The number of rotatable bonds is 5. The summed E-state index contributed by atoms with van der Waals surface area (Å²) in [6, 6.07) is 4.14. The molecule has 1 atom stereocenters. The van der Waals surface area contributed by atoms with Gasteiger partial charge in [0.1, 0.15) is 0 Å². The van der Waals surface area contributed by atoms with Crippen LogP contribution in [0.15, 0.2) is 18.3 Å². The molecule has 0 aliphatic rings. The molecule has 0 saturated heterocycles. The molecular formula is C12H19NO. The Kier molecular flexibility index (Phi) is 4.44.